The summed E-state index contributed by atoms with van der Waals surface area (Å²) in [6, 6.07) is 0. The van der Waals surface area contributed by atoms with Gasteiger partial charge in [-0.3, -0.25) is 9.59 Å². The normalized spacial score (nSPS) is 49.7. The van der Waals surface area contributed by atoms with Gasteiger partial charge in [-0.15, -0.1) is 0 Å². The van der Waals surface area contributed by atoms with Gasteiger partial charge in [-0.25, -0.2) is 0 Å². The van der Waals surface area contributed by atoms with Crippen LogP contribution in [0.3, 0.4) is 0 Å². The van der Waals surface area contributed by atoms with Crippen molar-refractivity contribution < 1.29 is 14.7 Å². The Morgan fingerprint density at radius 1 is 1.21 bits per heavy atom. The smallest absolute Gasteiger partial charge is 0.309 e. The van der Waals surface area contributed by atoms with Crippen LogP contribution in [0.1, 0.15) is 32.1 Å². The van der Waals surface area contributed by atoms with Crippen LogP contribution in [0.2, 0.25) is 0 Å². The molecule has 4 aliphatic rings. The zero-order chi connectivity index (χ0) is 9.92. The van der Waals surface area contributed by atoms with E-state index in [9.17, 15) is 14.7 Å². The molecule has 3 nitrogen and oxygen atoms in total. The van der Waals surface area contributed by atoms with Crippen LogP contribution < -0.4 is 0 Å². The molecular weight excluding hydrogens is 180 g/mol. The minimum absolute atomic E-state index is 0.0809. The summed E-state index contributed by atoms with van der Waals surface area (Å²) in [6.45, 7) is 0. The summed E-state index contributed by atoms with van der Waals surface area (Å²) in [5.41, 5.74) is -0.523. The second-order valence-corrected chi connectivity index (χ2v) is 5.33. The van der Waals surface area contributed by atoms with E-state index >= 15 is 0 Å². The van der Waals surface area contributed by atoms with Crippen molar-refractivity contribution in [2.24, 2.45) is 23.2 Å². The lowest BCUT2D eigenvalue weighted by atomic mass is 9.49. The Morgan fingerprint density at radius 3 is 2.29 bits per heavy atom. The maximum atomic E-state index is 11.7. The summed E-state index contributed by atoms with van der Waals surface area (Å²) in [6.07, 6.45) is 3.99. The molecule has 4 aliphatic carbocycles. The van der Waals surface area contributed by atoms with E-state index in [0.717, 1.165) is 19.3 Å². The molecule has 4 saturated carbocycles. The van der Waals surface area contributed by atoms with Crippen LogP contribution >= 0.6 is 0 Å². The molecule has 0 aliphatic heterocycles. The Balaban J connectivity index is 2.00. The van der Waals surface area contributed by atoms with Gasteiger partial charge in [-0.2, -0.15) is 0 Å². The second kappa shape index (κ2) is 2.38. The highest BCUT2D eigenvalue weighted by Crippen LogP contribution is 2.58. The van der Waals surface area contributed by atoms with Gasteiger partial charge in [0.05, 0.1) is 5.41 Å². The quantitative estimate of drug-likeness (QED) is 0.687. The maximum Gasteiger partial charge on any atom is 0.309 e. The van der Waals surface area contributed by atoms with Crippen molar-refractivity contribution in [3.63, 3.8) is 0 Å². The second-order valence-electron chi connectivity index (χ2n) is 5.33. The largest absolute Gasteiger partial charge is 0.481 e. The van der Waals surface area contributed by atoms with Crippen molar-refractivity contribution in [1.29, 1.82) is 0 Å². The fraction of sp³-hybridized carbons (Fsp3) is 0.818. The summed E-state index contributed by atoms with van der Waals surface area (Å²) < 4.78 is 0. The summed E-state index contributed by atoms with van der Waals surface area (Å²) in [5.74, 6) is 0.373. The topological polar surface area (TPSA) is 54.4 Å². The Hall–Kier alpha value is -0.860. The van der Waals surface area contributed by atoms with Crippen LogP contribution in [0, 0.1) is 23.2 Å². The van der Waals surface area contributed by atoms with Gasteiger partial charge in [0.2, 0.25) is 0 Å². The van der Waals surface area contributed by atoms with Gasteiger partial charge in [0.1, 0.15) is 5.78 Å². The number of carboxylic acids is 1. The van der Waals surface area contributed by atoms with E-state index in [1.54, 1.807) is 0 Å². The van der Waals surface area contributed by atoms with Crippen LogP contribution in [-0.2, 0) is 9.59 Å². The zero-order valence-electron chi connectivity index (χ0n) is 8.03. The van der Waals surface area contributed by atoms with E-state index in [-0.39, 0.29) is 11.8 Å². The van der Waals surface area contributed by atoms with Gasteiger partial charge < -0.3 is 5.11 Å². The van der Waals surface area contributed by atoms with Gasteiger partial charge in [0.25, 0.3) is 0 Å². The van der Waals surface area contributed by atoms with Crippen molar-refractivity contribution in [3.8, 4) is 0 Å². The predicted molar refractivity (Wildman–Crippen MR) is 48.6 cm³/mol. The van der Waals surface area contributed by atoms with Gasteiger partial charge in [0, 0.05) is 11.8 Å². The molecule has 76 valence electrons. The SMILES string of the molecule is O=C1[C@@H]2CC3C[C@@H]1CC(C(=O)O)(C3)C2. The van der Waals surface area contributed by atoms with Crippen LogP contribution in [0.5, 0.6) is 0 Å². The first kappa shape index (κ1) is 8.45. The molecule has 1 N–H and O–H groups in total. The highest BCUT2D eigenvalue weighted by molar-refractivity contribution is 5.89. The number of carbonyl (C=O) groups is 2. The molecule has 0 spiro atoms. The summed E-state index contributed by atoms with van der Waals surface area (Å²) in [7, 11) is 0. The lowest BCUT2D eigenvalue weighted by Gasteiger charge is -2.53. The molecule has 0 aromatic carbocycles. The fourth-order valence-electron chi connectivity index (χ4n) is 4.01. The third-order valence-electron chi connectivity index (χ3n) is 4.45. The molecule has 4 fully saturated rings. The van der Waals surface area contributed by atoms with Crippen molar-refractivity contribution >= 4 is 11.8 Å². The third kappa shape index (κ3) is 0.877. The monoisotopic (exact) mass is 194 g/mol. The fourth-order valence-corrected chi connectivity index (χ4v) is 4.01. The molecule has 0 aromatic rings. The van der Waals surface area contributed by atoms with Crippen molar-refractivity contribution in [1.82, 2.24) is 0 Å². The Labute approximate surface area is 82.5 Å². The Morgan fingerprint density at radius 2 is 1.79 bits per heavy atom. The highest BCUT2D eigenvalue weighted by Gasteiger charge is 2.58. The van der Waals surface area contributed by atoms with Crippen LogP contribution in [0.15, 0.2) is 0 Å². The number of hydrogen-bond acceptors (Lipinski definition) is 2. The van der Waals surface area contributed by atoms with Crippen LogP contribution in [0.25, 0.3) is 0 Å². The van der Waals surface area contributed by atoms with E-state index in [1.165, 1.54) is 0 Å². The van der Waals surface area contributed by atoms with Gasteiger partial charge >= 0.3 is 5.97 Å². The summed E-state index contributed by atoms with van der Waals surface area (Å²) in [4.78, 5) is 23.0. The first-order chi connectivity index (χ1) is 6.61. The van der Waals surface area contributed by atoms with Crippen molar-refractivity contribution in [3.05, 3.63) is 0 Å². The highest BCUT2D eigenvalue weighted by atomic mass is 16.4. The molecule has 0 saturated heterocycles. The number of hydrogen-bond donors (Lipinski definition) is 1. The zero-order valence-corrected chi connectivity index (χ0v) is 8.03. The average Bonchev–Trinajstić information content (AvgIpc) is 2.12. The number of aliphatic carboxylic acids is 1. The minimum atomic E-state index is -0.663. The molecule has 0 amide bonds. The van der Waals surface area contributed by atoms with E-state index in [2.05, 4.69) is 0 Å². The van der Waals surface area contributed by atoms with Gasteiger partial charge in [-0.05, 0) is 38.0 Å². The molecule has 0 heterocycles. The molecule has 3 heteroatoms. The molecule has 14 heavy (non-hydrogen) atoms. The summed E-state index contributed by atoms with van der Waals surface area (Å²) in [5, 5.41) is 9.25. The molecule has 4 bridgehead atoms. The first-order valence-corrected chi connectivity index (χ1v) is 5.38. The molecule has 0 radical (unpaired) electrons. The number of carbonyl (C=O) groups excluding carboxylic acids is 1. The van der Waals surface area contributed by atoms with E-state index in [0.29, 0.717) is 24.5 Å². The Kier molecular flexibility index (Phi) is 1.44. The van der Waals surface area contributed by atoms with E-state index < -0.39 is 11.4 Å². The average molecular weight is 194 g/mol. The van der Waals surface area contributed by atoms with Crippen molar-refractivity contribution in [2.45, 2.75) is 32.1 Å². The Bertz CT molecular complexity index is 302. The molecular formula is C11H14O3. The minimum Gasteiger partial charge on any atom is -0.481 e. The van der Waals surface area contributed by atoms with Crippen LogP contribution in [0.4, 0.5) is 0 Å². The predicted octanol–water partition coefficient (Wildman–Crippen LogP) is 1.47. The molecule has 2 atom stereocenters. The summed E-state index contributed by atoms with van der Waals surface area (Å²) >= 11 is 0. The number of Topliss-reactive ketones (excluding diaryl/α,β-unsaturated/α-hetero) is 1. The number of ketones is 1. The van der Waals surface area contributed by atoms with Crippen molar-refractivity contribution in [2.75, 3.05) is 0 Å². The van der Waals surface area contributed by atoms with E-state index in [1.807, 2.05) is 0 Å². The maximum absolute atomic E-state index is 11.7. The molecule has 0 unspecified atom stereocenters. The third-order valence-corrected chi connectivity index (χ3v) is 4.45. The van der Waals surface area contributed by atoms with Crippen LogP contribution in [-0.4, -0.2) is 16.9 Å². The first-order valence-electron chi connectivity index (χ1n) is 5.38. The van der Waals surface area contributed by atoms with Gasteiger partial charge in [-0.1, -0.05) is 0 Å². The van der Waals surface area contributed by atoms with Gasteiger partial charge in [0.15, 0.2) is 0 Å². The lowest BCUT2D eigenvalue weighted by molar-refractivity contribution is -0.169. The standard InChI is InChI=1S/C11H14O3/c12-9-7-1-6-2-8(9)5-11(3-6,4-7)10(13)14/h6-8H,1-5H2,(H,13,14)/t6?,7-,8-,11?/m1/s1. The number of carboxylic acid groups (broad SMARTS) is 1. The lowest BCUT2D eigenvalue weighted by Crippen LogP contribution is -2.54. The molecule has 0 aromatic heterocycles. The van der Waals surface area contributed by atoms with E-state index in [4.69, 9.17) is 0 Å². The number of rotatable bonds is 1. The molecule has 4 rings (SSSR count).